The van der Waals surface area contributed by atoms with Crippen molar-refractivity contribution in [3.63, 3.8) is 0 Å². The van der Waals surface area contributed by atoms with E-state index in [1.54, 1.807) is 21.3 Å². The fourth-order valence-corrected chi connectivity index (χ4v) is 2.33. The number of nitrogen functional groups attached to an aromatic ring is 1. The van der Waals surface area contributed by atoms with E-state index < -0.39 is 0 Å². The molecule has 122 valence electrons. The topological polar surface area (TPSA) is 73.9 Å². The minimum absolute atomic E-state index is 0.128. The van der Waals surface area contributed by atoms with Crippen LogP contribution < -0.4 is 19.9 Å². The van der Waals surface area contributed by atoms with Crippen LogP contribution in [0.2, 0.25) is 0 Å². The second-order valence-corrected chi connectivity index (χ2v) is 4.91. The maximum Gasteiger partial charge on any atom is 0.166 e. The predicted octanol–water partition coefficient (Wildman–Crippen LogP) is 2.96. The molecule has 0 aliphatic rings. The minimum atomic E-state index is -0.128. The molecule has 2 aromatic carbocycles. The number of benzene rings is 2. The van der Waals surface area contributed by atoms with Crippen molar-refractivity contribution in [1.29, 1.82) is 0 Å². The molecule has 0 spiro atoms. The summed E-state index contributed by atoms with van der Waals surface area (Å²) < 4.78 is 15.7. The Morgan fingerprint density at radius 2 is 1.61 bits per heavy atom. The summed E-state index contributed by atoms with van der Waals surface area (Å²) in [5.74, 6) is 1.77. The molecule has 0 heterocycles. The number of anilines is 1. The molecule has 0 bridgehead atoms. The third-order valence-corrected chi connectivity index (χ3v) is 3.47. The zero-order valence-electron chi connectivity index (χ0n) is 13.5. The van der Waals surface area contributed by atoms with Crippen molar-refractivity contribution < 1.29 is 19.3 Å². The summed E-state index contributed by atoms with van der Waals surface area (Å²) >= 11 is 0. The zero-order chi connectivity index (χ0) is 16.8. The van der Waals surface area contributed by atoms with E-state index in [1.165, 1.54) is 0 Å². The van der Waals surface area contributed by atoms with Crippen LogP contribution in [0.25, 0.3) is 12.2 Å². The van der Waals surface area contributed by atoms with E-state index in [0.29, 0.717) is 28.5 Å². The molecule has 0 aliphatic heterocycles. The van der Waals surface area contributed by atoms with Crippen LogP contribution in [0.3, 0.4) is 0 Å². The highest BCUT2D eigenvalue weighted by Gasteiger charge is 2.10. The smallest absolute Gasteiger partial charge is 0.166 e. The van der Waals surface area contributed by atoms with Gasteiger partial charge in [-0.05, 0) is 35.4 Å². The van der Waals surface area contributed by atoms with Gasteiger partial charge in [-0.15, -0.1) is 0 Å². The number of nitrogens with two attached hydrogens (primary N) is 1. The second-order valence-electron chi connectivity index (χ2n) is 4.91. The molecule has 0 unspecified atom stereocenters. The molecule has 5 heteroatoms. The molecule has 0 fully saturated rings. The van der Waals surface area contributed by atoms with E-state index in [4.69, 9.17) is 19.9 Å². The van der Waals surface area contributed by atoms with Gasteiger partial charge < -0.3 is 25.1 Å². The Labute approximate surface area is 135 Å². The summed E-state index contributed by atoms with van der Waals surface area (Å²) in [6.45, 7) is -0.128. The van der Waals surface area contributed by atoms with Crippen molar-refractivity contribution in [1.82, 2.24) is 0 Å². The highest BCUT2D eigenvalue weighted by molar-refractivity contribution is 5.74. The van der Waals surface area contributed by atoms with Gasteiger partial charge in [0.2, 0.25) is 0 Å². The Hall–Kier alpha value is -2.66. The second kappa shape index (κ2) is 7.56. The lowest BCUT2D eigenvalue weighted by Crippen LogP contribution is -1.97. The van der Waals surface area contributed by atoms with E-state index >= 15 is 0 Å². The van der Waals surface area contributed by atoms with Crippen LogP contribution in [0.5, 0.6) is 17.2 Å². The molecule has 0 amide bonds. The maximum atomic E-state index is 9.48. The van der Waals surface area contributed by atoms with E-state index in [-0.39, 0.29) is 6.61 Å². The van der Waals surface area contributed by atoms with Gasteiger partial charge in [-0.2, -0.15) is 0 Å². The van der Waals surface area contributed by atoms with Crippen LogP contribution in [0.1, 0.15) is 16.7 Å². The summed E-state index contributed by atoms with van der Waals surface area (Å²) in [7, 11) is 4.70. The number of aliphatic hydroxyl groups is 1. The van der Waals surface area contributed by atoms with Crippen LogP contribution in [-0.4, -0.2) is 26.4 Å². The summed E-state index contributed by atoms with van der Waals surface area (Å²) in [4.78, 5) is 0. The van der Waals surface area contributed by atoms with E-state index in [1.807, 2.05) is 42.5 Å². The Morgan fingerprint density at radius 3 is 2.17 bits per heavy atom. The molecule has 2 aromatic rings. The summed E-state index contributed by atoms with van der Waals surface area (Å²) in [6.07, 6.45) is 3.85. The summed E-state index contributed by atoms with van der Waals surface area (Å²) in [5, 5.41) is 9.48. The van der Waals surface area contributed by atoms with Crippen molar-refractivity contribution >= 4 is 17.8 Å². The molecule has 0 saturated carbocycles. The molecule has 3 N–H and O–H groups in total. The standard InChI is InChI=1S/C18H21NO4/c1-21-16-7-6-12(9-15(16)19)4-5-13-8-14(11-20)18(23-3)17(10-13)22-2/h4-10,20H,11,19H2,1-3H3/b5-4-. The van der Waals surface area contributed by atoms with Gasteiger partial charge in [0.1, 0.15) is 5.75 Å². The van der Waals surface area contributed by atoms with Crippen LogP contribution in [0, 0.1) is 0 Å². The highest BCUT2D eigenvalue weighted by atomic mass is 16.5. The third kappa shape index (κ3) is 3.76. The lowest BCUT2D eigenvalue weighted by Gasteiger charge is -2.12. The van der Waals surface area contributed by atoms with Gasteiger partial charge in [-0.25, -0.2) is 0 Å². The molecule has 2 rings (SSSR count). The van der Waals surface area contributed by atoms with Gasteiger partial charge >= 0.3 is 0 Å². The number of ether oxygens (including phenoxy) is 3. The molecule has 5 nitrogen and oxygen atoms in total. The zero-order valence-corrected chi connectivity index (χ0v) is 13.5. The van der Waals surface area contributed by atoms with Crippen molar-refractivity contribution in [3.8, 4) is 17.2 Å². The largest absolute Gasteiger partial charge is 0.495 e. The van der Waals surface area contributed by atoms with Crippen molar-refractivity contribution in [3.05, 3.63) is 47.0 Å². The number of aliphatic hydroxyl groups excluding tert-OH is 1. The fraction of sp³-hybridized carbons (Fsp3) is 0.222. The Kier molecular flexibility index (Phi) is 5.49. The van der Waals surface area contributed by atoms with Crippen molar-refractivity contribution in [2.75, 3.05) is 27.1 Å². The number of hydrogen-bond acceptors (Lipinski definition) is 5. The molecular weight excluding hydrogens is 294 g/mol. The lowest BCUT2D eigenvalue weighted by atomic mass is 10.1. The van der Waals surface area contributed by atoms with Crippen LogP contribution >= 0.6 is 0 Å². The van der Waals surface area contributed by atoms with Crippen LogP contribution in [-0.2, 0) is 6.61 Å². The average Bonchev–Trinajstić information content (AvgIpc) is 2.58. The molecule has 0 aromatic heterocycles. The van der Waals surface area contributed by atoms with E-state index in [0.717, 1.165) is 11.1 Å². The van der Waals surface area contributed by atoms with Crippen molar-refractivity contribution in [2.45, 2.75) is 6.61 Å². The van der Waals surface area contributed by atoms with Gasteiger partial charge in [0.15, 0.2) is 11.5 Å². The van der Waals surface area contributed by atoms with Gasteiger partial charge in [0, 0.05) is 5.56 Å². The predicted molar refractivity (Wildman–Crippen MR) is 91.8 cm³/mol. The Bertz CT molecular complexity index is 685. The van der Waals surface area contributed by atoms with Gasteiger partial charge in [-0.3, -0.25) is 0 Å². The number of methoxy groups -OCH3 is 3. The first-order chi connectivity index (χ1) is 11.1. The van der Waals surface area contributed by atoms with Crippen molar-refractivity contribution in [2.24, 2.45) is 0 Å². The van der Waals surface area contributed by atoms with E-state index in [2.05, 4.69) is 0 Å². The van der Waals surface area contributed by atoms with Gasteiger partial charge in [0.05, 0.1) is 33.6 Å². The Morgan fingerprint density at radius 1 is 0.913 bits per heavy atom. The van der Waals surface area contributed by atoms with Gasteiger partial charge in [0.25, 0.3) is 0 Å². The molecule has 0 aliphatic carbocycles. The SMILES string of the molecule is COc1ccc(/C=C\c2cc(CO)c(OC)c(OC)c2)cc1N. The van der Waals surface area contributed by atoms with Gasteiger partial charge in [-0.1, -0.05) is 18.2 Å². The first-order valence-corrected chi connectivity index (χ1v) is 7.10. The summed E-state index contributed by atoms with van der Waals surface area (Å²) in [6, 6.07) is 9.28. The Balaban J connectivity index is 2.34. The summed E-state index contributed by atoms with van der Waals surface area (Å²) in [5.41, 5.74) is 8.99. The molecule has 0 saturated heterocycles. The first-order valence-electron chi connectivity index (χ1n) is 7.10. The minimum Gasteiger partial charge on any atom is -0.495 e. The quantitative estimate of drug-likeness (QED) is 0.633. The molecule has 0 atom stereocenters. The normalized spacial score (nSPS) is 10.8. The molecule has 0 radical (unpaired) electrons. The lowest BCUT2D eigenvalue weighted by molar-refractivity contribution is 0.270. The van der Waals surface area contributed by atoms with E-state index in [9.17, 15) is 5.11 Å². The van der Waals surface area contributed by atoms with Crippen LogP contribution in [0.15, 0.2) is 30.3 Å². The highest BCUT2D eigenvalue weighted by Crippen LogP contribution is 2.33. The van der Waals surface area contributed by atoms with Crippen LogP contribution in [0.4, 0.5) is 5.69 Å². The average molecular weight is 315 g/mol. The number of rotatable bonds is 6. The monoisotopic (exact) mass is 315 g/mol. The molecular formula is C18H21NO4. The fourth-order valence-electron chi connectivity index (χ4n) is 2.33. The maximum absolute atomic E-state index is 9.48. The molecule has 23 heavy (non-hydrogen) atoms. The number of hydrogen-bond donors (Lipinski definition) is 2. The third-order valence-electron chi connectivity index (χ3n) is 3.47. The first kappa shape index (κ1) is 16.7.